The Kier molecular flexibility index (Phi) is 15.8. The molecule has 12 nitrogen and oxygen atoms in total. The van der Waals surface area contributed by atoms with Gasteiger partial charge in [-0.2, -0.15) is 4.58 Å². The Balaban J connectivity index is 1.14. The number of benzene rings is 4. The number of allylic oxidation sites excluding steroid dienone is 4. The van der Waals surface area contributed by atoms with Crippen LogP contribution >= 0.6 is 0 Å². The molecule has 9 rings (SSSR count). The van der Waals surface area contributed by atoms with Gasteiger partial charge in [0.25, 0.3) is 0 Å². The lowest BCUT2D eigenvalue weighted by atomic mass is 9.78. The van der Waals surface area contributed by atoms with E-state index in [0.717, 1.165) is 93.8 Å². The summed E-state index contributed by atoms with van der Waals surface area (Å²) in [5.74, 6) is -1.54. The zero-order valence-electron chi connectivity index (χ0n) is 44.6. The molecule has 394 valence electrons. The molecule has 0 amide bonds. The van der Waals surface area contributed by atoms with Crippen molar-refractivity contribution in [3.8, 4) is 0 Å². The van der Waals surface area contributed by atoms with Gasteiger partial charge in [0, 0.05) is 111 Å². The summed E-state index contributed by atoms with van der Waals surface area (Å²) in [5, 5.41) is 22.9. The summed E-state index contributed by atoms with van der Waals surface area (Å²) >= 11 is 0. The SMILES string of the molecule is Cc1ccc2c3c(ccc2c1)[N+](CCCCCC(=O)O)=C(/C=C/C1=C(N2CCN(C4CCCCC4)CC2)C(=C/C=C2/N(CCCCCC(=O)O)c4ccc5cc(S(=O)(=O)[O-])ccc5c4C2(C)C)/CN(C)C1)C3(C)C. The van der Waals surface area contributed by atoms with Crippen molar-refractivity contribution in [3.63, 3.8) is 0 Å². The average Bonchev–Trinajstić information content (AvgIpc) is 3.72. The standard InChI is InChI=1S/C61H77N5O7S/c1-42-20-26-49-43(38-42)21-28-51-57(49)60(2,3)53(65(51)32-14-8-12-18-55(67)68)30-23-45-40-62(6)41-46(59(45)64-36-34-63(35-37-64)47-16-10-7-11-17-47)24-31-54-61(4,5)58-50-27-25-48(74(71,72)73)39-44(50)22-29-52(58)66(54)33-15-9-13-19-56(69)70/h20-31,38-39,47H,7-19,32-37,40-41H2,1-6H3,(H2-,67,68,69,70,71,72,73). The third kappa shape index (κ3) is 11.0. The summed E-state index contributed by atoms with van der Waals surface area (Å²) in [4.78, 5) is 32.8. The van der Waals surface area contributed by atoms with Gasteiger partial charge in [-0.05, 0) is 141 Å². The number of anilines is 1. The predicted molar refractivity (Wildman–Crippen MR) is 296 cm³/mol. The van der Waals surface area contributed by atoms with Crippen LogP contribution in [-0.2, 0) is 30.5 Å². The molecule has 0 unspecified atom stereocenters. The van der Waals surface area contributed by atoms with E-state index in [4.69, 9.17) is 0 Å². The van der Waals surface area contributed by atoms with E-state index in [1.807, 2.05) is 12.1 Å². The van der Waals surface area contributed by atoms with Crippen LogP contribution in [-0.4, -0.2) is 126 Å². The molecule has 1 saturated heterocycles. The van der Waals surface area contributed by atoms with Crippen molar-refractivity contribution >= 4 is 60.7 Å². The lowest BCUT2D eigenvalue weighted by Crippen LogP contribution is -2.51. The van der Waals surface area contributed by atoms with E-state index in [2.05, 4.69) is 120 Å². The van der Waals surface area contributed by atoms with E-state index in [1.165, 1.54) is 94.4 Å². The molecule has 13 heteroatoms. The Labute approximate surface area is 439 Å². The number of carbonyl (C=O) groups is 2. The van der Waals surface area contributed by atoms with Gasteiger partial charge in [-0.3, -0.25) is 19.4 Å². The molecular formula is C61H77N5O7S. The Morgan fingerprint density at radius 1 is 0.743 bits per heavy atom. The highest BCUT2D eigenvalue weighted by Gasteiger charge is 2.46. The van der Waals surface area contributed by atoms with Crippen LogP contribution < -0.4 is 4.90 Å². The largest absolute Gasteiger partial charge is 0.744 e. The molecule has 1 saturated carbocycles. The number of aryl methyl sites for hydroxylation is 1. The Bertz CT molecular complexity index is 3100. The molecule has 1 aliphatic carbocycles. The monoisotopic (exact) mass is 1020 g/mol. The van der Waals surface area contributed by atoms with E-state index in [-0.39, 0.29) is 23.2 Å². The molecular weight excluding hydrogens is 947 g/mol. The number of rotatable bonds is 18. The Hall–Kier alpha value is -5.60. The maximum Gasteiger partial charge on any atom is 0.303 e. The number of carboxylic acid groups (broad SMARTS) is 2. The van der Waals surface area contributed by atoms with Crippen LogP contribution in [0.3, 0.4) is 0 Å². The Morgan fingerprint density at radius 3 is 2.11 bits per heavy atom. The van der Waals surface area contributed by atoms with Crippen LogP contribution in [0.1, 0.15) is 128 Å². The van der Waals surface area contributed by atoms with Crippen molar-refractivity contribution in [2.45, 2.75) is 140 Å². The van der Waals surface area contributed by atoms with Crippen LogP contribution in [0.25, 0.3) is 21.5 Å². The molecule has 4 aliphatic heterocycles. The molecule has 2 fully saturated rings. The quantitative estimate of drug-likeness (QED) is 0.0557. The van der Waals surface area contributed by atoms with Crippen LogP contribution in [0, 0.1) is 6.92 Å². The number of likely N-dealkylation sites (N-methyl/N-ethyl adjacent to an activating group) is 1. The van der Waals surface area contributed by atoms with Crippen molar-refractivity contribution in [1.29, 1.82) is 0 Å². The number of unbranched alkanes of at least 4 members (excludes halogenated alkanes) is 4. The second kappa shape index (κ2) is 21.9. The molecule has 0 radical (unpaired) electrons. The summed E-state index contributed by atoms with van der Waals surface area (Å²) < 4.78 is 38.9. The molecule has 2 N–H and O–H groups in total. The minimum absolute atomic E-state index is 0.133. The fraction of sp³-hybridized carbons (Fsp3) is 0.492. The molecule has 0 aromatic heterocycles. The summed E-state index contributed by atoms with van der Waals surface area (Å²) in [6.45, 7) is 18.3. The van der Waals surface area contributed by atoms with Crippen LogP contribution in [0.4, 0.5) is 11.4 Å². The summed E-state index contributed by atoms with van der Waals surface area (Å²) in [6.07, 6.45) is 20.8. The first-order valence-corrected chi connectivity index (χ1v) is 28.7. The third-order valence-electron chi connectivity index (χ3n) is 16.7. The predicted octanol–water partition coefficient (Wildman–Crippen LogP) is 11.2. The first-order valence-electron chi connectivity index (χ1n) is 27.3. The molecule has 4 aromatic rings. The highest BCUT2D eigenvalue weighted by atomic mass is 32.2. The molecule has 0 bridgehead atoms. The van der Waals surface area contributed by atoms with Crippen LogP contribution in [0.2, 0.25) is 0 Å². The number of piperazine rings is 1. The van der Waals surface area contributed by atoms with Crippen molar-refractivity contribution in [1.82, 2.24) is 14.7 Å². The molecule has 74 heavy (non-hydrogen) atoms. The minimum atomic E-state index is -4.65. The van der Waals surface area contributed by atoms with Crippen molar-refractivity contribution in [3.05, 3.63) is 124 Å². The topological polar surface area (TPSA) is 148 Å². The van der Waals surface area contributed by atoms with Crippen molar-refractivity contribution in [2.24, 2.45) is 0 Å². The summed E-state index contributed by atoms with van der Waals surface area (Å²) in [5.41, 5.74) is 11.2. The number of aliphatic carboxylic acids is 2. The normalized spacial score (nSPS) is 20.8. The van der Waals surface area contributed by atoms with E-state index in [9.17, 15) is 32.8 Å². The zero-order chi connectivity index (χ0) is 52.5. The molecule has 0 spiro atoms. The smallest absolute Gasteiger partial charge is 0.303 e. The fourth-order valence-electron chi connectivity index (χ4n) is 13.1. The Morgan fingerprint density at radius 2 is 1.41 bits per heavy atom. The number of carboxylic acids is 2. The second-order valence-corrected chi connectivity index (χ2v) is 24.1. The van der Waals surface area contributed by atoms with Crippen molar-refractivity contribution in [2.75, 3.05) is 64.3 Å². The van der Waals surface area contributed by atoms with Gasteiger partial charge in [0.1, 0.15) is 16.7 Å². The van der Waals surface area contributed by atoms with Crippen molar-refractivity contribution < 1.29 is 37.3 Å². The van der Waals surface area contributed by atoms with Gasteiger partial charge in [0.05, 0.1) is 10.3 Å². The van der Waals surface area contributed by atoms with E-state index in [0.29, 0.717) is 30.8 Å². The van der Waals surface area contributed by atoms with Gasteiger partial charge in [0.15, 0.2) is 5.71 Å². The highest BCUT2D eigenvalue weighted by Crippen LogP contribution is 2.51. The highest BCUT2D eigenvalue weighted by molar-refractivity contribution is 7.85. The number of hydrogen-bond acceptors (Lipinski definition) is 9. The lowest BCUT2D eigenvalue weighted by Gasteiger charge is -2.44. The molecule has 5 aliphatic rings. The number of nitrogens with zero attached hydrogens (tertiary/aromatic N) is 5. The molecule has 4 aromatic carbocycles. The van der Waals surface area contributed by atoms with Gasteiger partial charge in [-0.25, -0.2) is 8.42 Å². The first kappa shape index (κ1) is 53.2. The van der Waals surface area contributed by atoms with Gasteiger partial charge < -0.3 is 24.6 Å². The average molecular weight is 1020 g/mol. The maximum absolute atomic E-state index is 12.1. The molecule has 0 atom stereocenters. The number of hydrogen-bond donors (Lipinski definition) is 2. The van der Waals surface area contributed by atoms with Crippen LogP contribution in [0.5, 0.6) is 0 Å². The van der Waals surface area contributed by atoms with Gasteiger partial charge in [-0.15, -0.1) is 0 Å². The van der Waals surface area contributed by atoms with E-state index < -0.39 is 27.5 Å². The van der Waals surface area contributed by atoms with E-state index in [1.54, 1.807) is 6.07 Å². The molecule has 4 heterocycles. The lowest BCUT2D eigenvalue weighted by molar-refractivity contribution is -0.438. The fourth-order valence-corrected chi connectivity index (χ4v) is 13.7. The second-order valence-electron chi connectivity index (χ2n) is 22.8. The third-order valence-corrected chi connectivity index (χ3v) is 17.6. The summed E-state index contributed by atoms with van der Waals surface area (Å²) in [7, 11) is -2.44. The summed E-state index contributed by atoms with van der Waals surface area (Å²) in [6, 6.07) is 20.6. The van der Waals surface area contributed by atoms with Gasteiger partial charge in [-0.1, -0.05) is 81.5 Å². The minimum Gasteiger partial charge on any atom is -0.744 e. The first-order chi connectivity index (χ1) is 35.3. The zero-order valence-corrected chi connectivity index (χ0v) is 45.4. The van der Waals surface area contributed by atoms with E-state index >= 15 is 0 Å². The van der Waals surface area contributed by atoms with Gasteiger partial charge in [0.2, 0.25) is 5.69 Å². The van der Waals surface area contributed by atoms with Crippen LogP contribution in [0.15, 0.2) is 112 Å². The number of fused-ring (bicyclic) bond motifs is 6. The maximum atomic E-state index is 12.1. The van der Waals surface area contributed by atoms with Gasteiger partial charge >= 0.3 is 11.9 Å².